The van der Waals surface area contributed by atoms with Crippen molar-refractivity contribution in [2.75, 3.05) is 0 Å². The molecule has 0 saturated heterocycles. The van der Waals surface area contributed by atoms with Crippen LogP contribution in [-0.4, -0.2) is 27.8 Å². The van der Waals surface area contributed by atoms with Crippen LogP contribution in [0.4, 0.5) is 0 Å². The lowest BCUT2D eigenvalue weighted by Crippen LogP contribution is -2.25. The van der Waals surface area contributed by atoms with E-state index in [1.165, 1.54) is 0 Å². The molecule has 0 radical (unpaired) electrons. The highest BCUT2D eigenvalue weighted by molar-refractivity contribution is 5.96. The Hall–Kier alpha value is -3.15. The highest BCUT2D eigenvalue weighted by Gasteiger charge is 2.24. The number of nitrogens with one attached hydrogen (secondary N) is 1. The van der Waals surface area contributed by atoms with Crippen LogP contribution in [0, 0.1) is 0 Å². The zero-order valence-electron chi connectivity index (χ0n) is 12.8. The SMILES string of the molecule is O=Cc1ccc(-c2cc(C(=O)NC3CC3)ccc2-n2ccnc2)o1. The van der Waals surface area contributed by atoms with Gasteiger partial charge < -0.3 is 14.3 Å². The molecule has 0 spiro atoms. The Bertz CT molecular complexity index is 892. The highest BCUT2D eigenvalue weighted by atomic mass is 16.3. The van der Waals surface area contributed by atoms with Crippen molar-refractivity contribution < 1.29 is 14.0 Å². The van der Waals surface area contributed by atoms with E-state index in [0.717, 1.165) is 24.1 Å². The lowest BCUT2D eigenvalue weighted by atomic mass is 10.1. The molecule has 1 aliphatic rings. The van der Waals surface area contributed by atoms with E-state index in [2.05, 4.69) is 10.3 Å². The molecule has 1 aliphatic carbocycles. The second-order valence-electron chi connectivity index (χ2n) is 5.77. The van der Waals surface area contributed by atoms with Crippen molar-refractivity contribution in [3.8, 4) is 17.0 Å². The predicted octanol–water partition coefficient (Wildman–Crippen LogP) is 2.84. The van der Waals surface area contributed by atoms with Gasteiger partial charge in [-0.3, -0.25) is 9.59 Å². The number of carbonyl (C=O) groups is 2. The number of furan rings is 1. The van der Waals surface area contributed by atoms with Crippen LogP contribution >= 0.6 is 0 Å². The molecule has 6 heteroatoms. The van der Waals surface area contributed by atoms with Crippen LogP contribution in [-0.2, 0) is 0 Å². The number of benzene rings is 1. The first-order valence-corrected chi connectivity index (χ1v) is 7.73. The lowest BCUT2D eigenvalue weighted by molar-refractivity contribution is 0.0950. The first kappa shape index (κ1) is 14.4. The van der Waals surface area contributed by atoms with Crippen LogP contribution < -0.4 is 5.32 Å². The maximum absolute atomic E-state index is 12.3. The summed E-state index contributed by atoms with van der Waals surface area (Å²) < 4.78 is 7.39. The van der Waals surface area contributed by atoms with Gasteiger partial charge in [-0.25, -0.2) is 4.98 Å². The molecule has 0 unspecified atom stereocenters. The van der Waals surface area contributed by atoms with Crippen LogP contribution in [0.25, 0.3) is 17.0 Å². The van der Waals surface area contributed by atoms with Gasteiger partial charge in [0.15, 0.2) is 12.0 Å². The van der Waals surface area contributed by atoms with E-state index in [0.29, 0.717) is 23.7 Å². The van der Waals surface area contributed by atoms with Crippen molar-refractivity contribution >= 4 is 12.2 Å². The monoisotopic (exact) mass is 321 g/mol. The van der Waals surface area contributed by atoms with Gasteiger partial charge in [-0.2, -0.15) is 0 Å². The zero-order valence-corrected chi connectivity index (χ0v) is 12.8. The summed E-state index contributed by atoms with van der Waals surface area (Å²) in [6.07, 6.45) is 7.89. The smallest absolute Gasteiger partial charge is 0.251 e. The van der Waals surface area contributed by atoms with E-state index in [4.69, 9.17) is 4.42 Å². The molecule has 2 aromatic heterocycles. The summed E-state index contributed by atoms with van der Waals surface area (Å²) >= 11 is 0. The summed E-state index contributed by atoms with van der Waals surface area (Å²) in [4.78, 5) is 27.3. The van der Waals surface area contributed by atoms with E-state index in [1.807, 2.05) is 16.8 Å². The summed E-state index contributed by atoms with van der Waals surface area (Å²) in [7, 11) is 0. The molecule has 1 amide bonds. The maximum Gasteiger partial charge on any atom is 0.251 e. The van der Waals surface area contributed by atoms with Crippen LogP contribution in [0.1, 0.15) is 33.8 Å². The third-order valence-electron chi connectivity index (χ3n) is 3.96. The van der Waals surface area contributed by atoms with E-state index < -0.39 is 0 Å². The first-order valence-electron chi connectivity index (χ1n) is 7.73. The lowest BCUT2D eigenvalue weighted by Gasteiger charge is -2.11. The van der Waals surface area contributed by atoms with Crippen molar-refractivity contribution in [2.24, 2.45) is 0 Å². The van der Waals surface area contributed by atoms with E-state index in [1.54, 1.807) is 36.8 Å². The fraction of sp³-hybridized carbons (Fsp3) is 0.167. The molecule has 2 heterocycles. The van der Waals surface area contributed by atoms with Crippen LogP contribution in [0.5, 0.6) is 0 Å². The number of imidazole rings is 1. The number of aromatic nitrogens is 2. The largest absolute Gasteiger partial charge is 0.453 e. The van der Waals surface area contributed by atoms with Gasteiger partial charge in [0.1, 0.15) is 5.76 Å². The predicted molar refractivity (Wildman–Crippen MR) is 87.1 cm³/mol. The number of amides is 1. The Labute approximate surface area is 138 Å². The molecule has 4 rings (SSSR count). The summed E-state index contributed by atoms with van der Waals surface area (Å²) in [5, 5.41) is 2.97. The number of aldehydes is 1. The molecule has 3 aromatic rings. The van der Waals surface area contributed by atoms with Crippen molar-refractivity contribution in [2.45, 2.75) is 18.9 Å². The third kappa shape index (κ3) is 2.74. The van der Waals surface area contributed by atoms with Crippen molar-refractivity contribution in [3.05, 3.63) is 60.4 Å². The summed E-state index contributed by atoms with van der Waals surface area (Å²) in [5.74, 6) is 0.675. The van der Waals surface area contributed by atoms with Gasteiger partial charge in [0.05, 0.1) is 12.0 Å². The second kappa shape index (κ2) is 5.81. The third-order valence-corrected chi connectivity index (χ3v) is 3.96. The van der Waals surface area contributed by atoms with Gasteiger partial charge in [-0.15, -0.1) is 0 Å². The molecule has 1 aromatic carbocycles. The first-order chi connectivity index (χ1) is 11.7. The molecule has 1 saturated carbocycles. The van der Waals surface area contributed by atoms with Gasteiger partial charge in [-0.1, -0.05) is 0 Å². The number of hydrogen-bond donors (Lipinski definition) is 1. The number of carbonyl (C=O) groups excluding carboxylic acids is 2. The molecule has 6 nitrogen and oxygen atoms in total. The molecule has 1 fully saturated rings. The normalized spacial score (nSPS) is 13.7. The minimum Gasteiger partial charge on any atom is -0.453 e. The van der Waals surface area contributed by atoms with Crippen molar-refractivity contribution in [3.63, 3.8) is 0 Å². The topological polar surface area (TPSA) is 77.1 Å². The van der Waals surface area contributed by atoms with Gasteiger partial charge in [-0.05, 0) is 43.2 Å². The van der Waals surface area contributed by atoms with Gasteiger partial charge in [0.2, 0.25) is 0 Å². The Balaban J connectivity index is 1.79. The van der Waals surface area contributed by atoms with Crippen LogP contribution in [0.2, 0.25) is 0 Å². The van der Waals surface area contributed by atoms with Gasteiger partial charge in [0.25, 0.3) is 5.91 Å². The molecule has 1 N–H and O–H groups in total. The molecule has 0 atom stereocenters. The van der Waals surface area contributed by atoms with E-state index in [9.17, 15) is 9.59 Å². The summed E-state index contributed by atoms with van der Waals surface area (Å²) in [5.41, 5.74) is 2.11. The van der Waals surface area contributed by atoms with Gasteiger partial charge >= 0.3 is 0 Å². The molecule has 0 aliphatic heterocycles. The van der Waals surface area contributed by atoms with E-state index in [-0.39, 0.29) is 11.7 Å². The van der Waals surface area contributed by atoms with Crippen LogP contribution in [0.3, 0.4) is 0 Å². The fourth-order valence-corrected chi connectivity index (χ4v) is 2.56. The molecule has 24 heavy (non-hydrogen) atoms. The maximum atomic E-state index is 12.3. The fourth-order valence-electron chi connectivity index (χ4n) is 2.56. The summed E-state index contributed by atoms with van der Waals surface area (Å²) in [6.45, 7) is 0. The summed E-state index contributed by atoms with van der Waals surface area (Å²) in [6, 6.07) is 9.03. The average molecular weight is 321 g/mol. The van der Waals surface area contributed by atoms with Gasteiger partial charge in [0, 0.05) is 29.6 Å². The van der Waals surface area contributed by atoms with Crippen LogP contribution in [0.15, 0.2) is 53.5 Å². The highest BCUT2D eigenvalue weighted by Crippen LogP contribution is 2.30. The molecular weight excluding hydrogens is 306 g/mol. The molecular formula is C18H15N3O3. The quantitative estimate of drug-likeness (QED) is 0.733. The average Bonchev–Trinajstić information content (AvgIpc) is 3.08. The molecule has 120 valence electrons. The minimum atomic E-state index is -0.0990. The standard InChI is InChI=1S/C18H15N3O3/c22-10-14-4-6-17(24-14)15-9-12(18(23)20-13-2-3-13)1-5-16(15)21-8-7-19-11-21/h1,4-11,13H,2-3H2,(H,20,23). The second-order valence-corrected chi connectivity index (χ2v) is 5.77. The number of nitrogens with zero attached hydrogens (tertiary/aromatic N) is 2. The number of hydrogen-bond acceptors (Lipinski definition) is 4. The minimum absolute atomic E-state index is 0.0990. The van der Waals surface area contributed by atoms with Crippen molar-refractivity contribution in [1.82, 2.24) is 14.9 Å². The Morgan fingerprint density at radius 2 is 2.17 bits per heavy atom. The Morgan fingerprint density at radius 3 is 2.83 bits per heavy atom. The zero-order chi connectivity index (χ0) is 16.5. The number of rotatable bonds is 5. The van der Waals surface area contributed by atoms with Crippen molar-refractivity contribution in [1.29, 1.82) is 0 Å². The van der Waals surface area contributed by atoms with E-state index >= 15 is 0 Å². The Morgan fingerprint density at radius 1 is 1.29 bits per heavy atom. The molecule has 0 bridgehead atoms. The Kier molecular flexibility index (Phi) is 3.49.